The van der Waals surface area contributed by atoms with Gasteiger partial charge in [0.05, 0.1) is 18.9 Å². The minimum Gasteiger partial charge on any atom is -0.494 e. The molecule has 2 heterocycles. The van der Waals surface area contributed by atoms with Crippen molar-refractivity contribution in [3.8, 4) is 5.75 Å². The van der Waals surface area contributed by atoms with Crippen molar-refractivity contribution in [1.29, 1.82) is 0 Å². The average molecular weight is 490 g/mol. The maximum absolute atomic E-state index is 13.2. The number of ether oxygens (including phenoxy) is 1. The summed E-state index contributed by atoms with van der Waals surface area (Å²) in [5.74, 6) is -0.957. The molecule has 0 bridgehead atoms. The first-order valence-electron chi connectivity index (χ1n) is 12.2. The SMILES string of the molecule is O=C(O)C[C@@H]1Cc2ccc(OCCCN=c3ccccn3O)cc2CN(CCc2ccccc2)C1=O. The Morgan fingerprint density at radius 3 is 2.64 bits per heavy atom. The van der Waals surface area contributed by atoms with Gasteiger partial charge in [0, 0.05) is 32.3 Å². The molecule has 1 atom stereocenters. The summed E-state index contributed by atoms with van der Waals surface area (Å²) in [6, 6.07) is 21.0. The van der Waals surface area contributed by atoms with Gasteiger partial charge in [-0.15, -0.1) is 0 Å². The molecule has 1 aliphatic rings. The number of hydrogen-bond donors (Lipinski definition) is 2. The third-order valence-corrected chi connectivity index (χ3v) is 6.26. The lowest BCUT2D eigenvalue weighted by Gasteiger charge is -2.24. The lowest BCUT2D eigenvalue weighted by molar-refractivity contribution is -0.144. The van der Waals surface area contributed by atoms with Gasteiger partial charge in [-0.05, 0) is 53.8 Å². The fourth-order valence-electron chi connectivity index (χ4n) is 4.40. The van der Waals surface area contributed by atoms with Crippen LogP contribution in [0.25, 0.3) is 0 Å². The number of hydrogen-bond acceptors (Lipinski definition) is 5. The van der Waals surface area contributed by atoms with Crippen LogP contribution in [0.4, 0.5) is 0 Å². The van der Waals surface area contributed by atoms with Crippen LogP contribution < -0.4 is 10.2 Å². The van der Waals surface area contributed by atoms with Crippen LogP contribution in [0, 0.1) is 5.92 Å². The number of carbonyl (C=O) groups excluding carboxylic acids is 1. The number of benzene rings is 2. The maximum atomic E-state index is 13.2. The highest BCUT2D eigenvalue weighted by Crippen LogP contribution is 2.28. The second kappa shape index (κ2) is 12.1. The van der Waals surface area contributed by atoms with Crippen LogP contribution in [0.5, 0.6) is 5.75 Å². The van der Waals surface area contributed by atoms with E-state index in [2.05, 4.69) is 4.99 Å². The van der Waals surface area contributed by atoms with Gasteiger partial charge < -0.3 is 20.0 Å². The molecule has 0 radical (unpaired) electrons. The fourth-order valence-corrected chi connectivity index (χ4v) is 4.40. The first kappa shape index (κ1) is 25.0. The van der Waals surface area contributed by atoms with Crippen LogP contribution in [-0.4, -0.2) is 51.5 Å². The van der Waals surface area contributed by atoms with Gasteiger partial charge in [0.15, 0.2) is 5.49 Å². The molecule has 0 saturated carbocycles. The molecular formula is C28H31N3O5. The van der Waals surface area contributed by atoms with E-state index in [1.165, 1.54) is 6.20 Å². The Balaban J connectivity index is 1.42. The first-order chi connectivity index (χ1) is 17.5. The second-order valence-corrected chi connectivity index (χ2v) is 8.91. The molecule has 8 heteroatoms. The average Bonchev–Trinajstić information content (AvgIpc) is 3.00. The number of carboxylic acid groups (broad SMARTS) is 1. The molecule has 0 aliphatic carbocycles. The Morgan fingerprint density at radius 1 is 1.06 bits per heavy atom. The molecule has 0 spiro atoms. The number of aromatic nitrogens is 1. The zero-order chi connectivity index (χ0) is 25.3. The van der Waals surface area contributed by atoms with Crippen molar-refractivity contribution in [3.05, 3.63) is 95.1 Å². The molecule has 2 N–H and O–H groups in total. The molecule has 3 aromatic rings. The van der Waals surface area contributed by atoms with E-state index >= 15 is 0 Å². The lowest BCUT2D eigenvalue weighted by atomic mass is 9.94. The van der Waals surface area contributed by atoms with Gasteiger partial charge in [-0.2, -0.15) is 4.73 Å². The molecule has 188 valence electrons. The van der Waals surface area contributed by atoms with E-state index < -0.39 is 11.9 Å². The largest absolute Gasteiger partial charge is 0.494 e. The summed E-state index contributed by atoms with van der Waals surface area (Å²) in [7, 11) is 0. The Hall–Kier alpha value is -4.07. The van der Waals surface area contributed by atoms with Crippen LogP contribution in [0.1, 0.15) is 29.5 Å². The third-order valence-electron chi connectivity index (χ3n) is 6.26. The zero-order valence-electron chi connectivity index (χ0n) is 20.1. The molecule has 1 amide bonds. The van der Waals surface area contributed by atoms with E-state index in [9.17, 15) is 19.9 Å². The normalized spacial score (nSPS) is 15.9. The van der Waals surface area contributed by atoms with Gasteiger partial charge in [0.25, 0.3) is 0 Å². The van der Waals surface area contributed by atoms with Crippen LogP contribution in [0.2, 0.25) is 0 Å². The number of aliphatic carboxylic acids is 1. The van der Waals surface area contributed by atoms with Crippen LogP contribution in [-0.2, 0) is 29.0 Å². The smallest absolute Gasteiger partial charge is 0.304 e. The highest BCUT2D eigenvalue weighted by atomic mass is 16.5. The summed E-state index contributed by atoms with van der Waals surface area (Å²) in [5, 5.41) is 19.1. The molecule has 0 unspecified atom stereocenters. The highest BCUT2D eigenvalue weighted by Gasteiger charge is 2.31. The molecule has 1 aromatic heterocycles. The maximum Gasteiger partial charge on any atom is 0.304 e. The summed E-state index contributed by atoms with van der Waals surface area (Å²) in [5.41, 5.74) is 3.58. The van der Waals surface area contributed by atoms with Gasteiger partial charge in [-0.25, -0.2) is 0 Å². The van der Waals surface area contributed by atoms with E-state index in [1.54, 1.807) is 17.0 Å². The second-order valence-electron chi connectivity index (χ2n) is 8.91. The molecular weight excluding hydrogens is 458 g/mol. The van der Waals surface area contributed by atoms with Crippen LogP contribution >= 0.6 is 0 Å². The van der Waals surface area contributed by atoms with Crippen molar-refractivity contribution in [3.63, 3.8) is 0 Å². The number of pyridine rings is 1. The van der Waals surface area contributed by atoms with E-state index in [-0.39, 0.29) is 12.3 Å². The molecule has 36 heavy (non-hydrogen) atoms. The van der Waals surface area contributed by atoms with E-state index in [4.69, 9.17) is 4.74 Å². The number of carboxylic acids is 1. The van der Waals surface area contributed by atoms with Crippen LogP contribution in [0.15, 0.2) is 77.9 Å². The van der Waals surface area contributed by atoms with Crippen molar-refractivity contribution < 1.29 is 24.6 Å². The van der Waals surface area contributed by atoms with Crippen molar-refractivity contribution in [2.24, 2.45) is 10.9 Å². The summed E-state index contributed by atoms with van der Waals surface area (Å²) in [6.07, 6.45) is 3.13. The molecule has 8 nitrogen and oxygen atoms in total. The number of carbonyl (C=O) groups is 2. The van der Waals surface area contributed by atoms with Gasteiger partial charge in [0.2, 0.25) is 5.91 Å². The number of amides is 1. The van der Waals surface area contributed by atoms with Crippen molar-refractivity contribution >= 4 is 11.9 Å². The monoisotopic (exact) mass is 489 g/mol. The van der Waals surface area contributed by atoms with Crippen molar-refractivity contribution in [2.75, 3.05) is 19.7 Å². The Bertz CT molecular complexity index is 1260. The van der Waals surface area contributed by atoms with E-state index in [1.807, 2.05) is 54.6 Å². The molecule has 1 aliphatic heterocycles. The van der Waals surface area contributed by atoms with Gasteiger partial charge >= 0.3 is 5.97 Å². The predicted octanol–water partition coefficient (Wildman–Crippen LogP) is 3.31. The third kappa shape index (κ3) is 6.75. The zero-order valence-corrected chi connectivity index (χ0v) is 20.1. The van der Waals surface area contributed by atoms with Gasteiger partial charge in [-0.1, -0.05) is 42.5 Å². The minimum atomic E-state index is -0.965. The number of fused-ring (bicyclic) bond motifs is 1. The summed E-state index contributed by atoms with van der Waals surface area (Å²) < 4.78 is 6.92. The lowest BCUT2D eigenvalue weighted by Crippen LogP contribution is -2.37. The van der Waals surface area contributed by atoms with Crippen molar-refractivity contribution in [2.45, 2.75) is 32.2 Å². The minimum absolute atomic E-state index is 0.115. The Kier molecular flexibility index (Phi) is 8.39. The Morgan fingerprint density at radius 2 is 1.86 bits per heavy atom. The fraction of sp³-hybridized carbons (Fsp3) is 0.321. The quantitative estimate of drug-likeness (QED) is 0.336. The topological polar surface area (TPSA) is 104 Å². The molecule has 0 fully saturated rings. The van der Waals surface area contributed by atoms with Gasteiger partial charge in [-0.3, -0.25) is 14.6 Å². The molecule has 2 aromatic carbocycles. The number of nitrogens with zero attached hydrogens (tertiary/aromatic N) is 3. The van der Waals surface area contributed by atoms with E-state index in [0.717, 1.165) is 21.4 Å². The Labute approximate surface area is 210 Å². The number of rotatable bonds is 10. The van der Waals surface area contributed by atoms with Gasteiger partial charge in [0.1, 0.15) is 5.75 Å². The molecule has 4 rings (SSSR count). The molecule has 0 saturated heterocycles. The summed E-state index contributed by atoms with van der Waals surface area (Å²) >= 11 is 0. The van der Waals surface area contributed by atoms with Crippen LogP contribution in [0.3, 0.4) is 0 Å². The first-order valence-corrected chi connectivity index (χ1v) is 12.2. The predicted molar refractivity (Wildman–Crippen MR) is 134 cm³/mol. The summed E-state index contributed by atoms with van der Waals surface area (Å²) in [4.78, 5) is 30.8. The van der Waals surface area contributed by atoms with Crippen molar-refractivity contribution in [1.82, 2.24) is 9.63 Å². The van der Waals surface area contributed by atoms with E-state index in [0.29, 0.717) is 56.7 Å². The standard InChI is InChI=1S/C28H31N3O5/c32-27(33)19-23-17-22-10-11-25(36-16-6-13-29-26-9-4-5-14-31(26)35)18-24(22)20-30(28(23)34)15-12-21-7-2-1-3-8-21/h1-5,7-11,14,18,23,35H,6,12-13,15-17,19-20H2,(H,32,33)/t23-/m0/s1. The summed E-state index contributed by atoms with van der Waals surface area (Å²) in [6.45, 7) is 1.91. The highest BCUT2D eigenvalue weighted by molar-refractivity contribution is 5.84.